The Balaban J connectivity index is 1.46. The van der Waals surface area contributed by atoms with Crippen LogP contribution in [0.4, 0.5) is 5.69 Å². The Morgan fingerprint density at radius 1 is 1.13 bits per heavy atom. The van der Waals surface area contributed by atoms with Crippen LogP contribution in [0.25, 0.3) is 0 Å². The third kappa shape index (κ3) is 3.16. The highest BCUT2D eigenvalue weighted by atomic mass is 16.6. The Hall–Kier alpha value is -2.83. The molecule has 2 aromatic rings. The predicted molar refractivity (Wildman–Crippen MR) is 112 cm³/mol. The van der Waals surface area contributed by atoms with Crippen LogP contribution in [-0.2, 0) is 45.6 Å². The van der Waals surface area contributed by atoms with Crippen molar-refractivity contribution in [3.63, 3.8) is 0 Å². The summed E-state index contributed by atoms with van der Waals surface area (Å²) in [7, 11) is 0. The van der Waals surface area contributed by atoms with Gasteiger partial charge in [0.15, 0.2) is 5.76 Å². The van der Waals surface area contributed by atoms with E-state index in [4.69, 9.17) is 14.0 Å². The zero-order valence-corrected chi connectivity index (χ0v) is 17.7. The van der Waals surface area contributed by atoms with Crippen LogP contribution in [0.2, 0.25) is 0 Å². The lowest BCUT2D eigenvalue weighted by Gasteiger charge is -2.28. The predicted octanol–water partition coefficient (Wildman–Crippen LogP) is 3.69. The minimum atomic E-state index is -1.47. The van der Waals surface area contributed by atoms with E-state index in [0.29, 0.717) is 11.8 Å². The van der Waals surface area contributed by atoms with Crippen LogP contribution in [0.15, 0.2) is 27.8 Å². The smallest absolute Gasteiger partial charge is 0.361 e. The highest BCUT2D eigenvalue weighted by Crippen LogP contribution is 2.40. The minimum Gasteiger partial charge on any atom is -0.457 e. The second-order valence-corrected chi connectivity index (χ2v) is 9.29. The molecule has 0 fully saturated rings. The highest BCUT2D eigenvalue weighted by molar-refractivity contribution is 5.96. The van der Waals surface area contributed by atoms with E-state index in [-0.39, 0.29) is 6.54 Å². The van der Waals surface area contributed by atoms with Gasteiger partial charge in [0.25, 0.3) is 11.6 Å². The number of ether oxygens (including phenoxy) is 2. The third-order valence-corrected chi connectivity index (χ3v) is 5.99. The second kappa shape index (κ2) is 6.86. The number of amidine groups is 1. The van der Waals surface area contributed by atoms with E-state index in [1.165, 1.54) is 41.3 Å². The Morgan fingerprint density at radius 2 is 1.83 bits per heavy atom. The number of carbonyl (C=O) groups excluding carboxylic acids is 1. The van der Waals surface area contributed by atoms with Gasteiger partial charge < -0.3 is 19.3 Å². The quantitative estimate of drug-likeness (QED) is 0.778. The largest absolute Gasteiger partial charge is 0.457 e. The van der Waals surface area contributed by atoms with Crippen molar-refractivity contribution in [2.75, 3.05) is 11.9 Å². The Labute approximate surface area is 175 Å². The second-order valence-electron chi connectivity index (χ2n) is 9.29. The van der Waals surface area contributed by atoms with Gasteiger partial charge in [0.1, 0.15) is 12.1 Å². The fraction of sp³-hybridized carbons (Fsp3) is 0.522. The topological polar surface area (TPSA) is 86.0 Å². The van der Waals surface area contributed by atoms with Crippen molar-refractivity contribution >= 4 is 17.7 Å². The van der Waals surface area contributed by atoms with Gasteiger partial charge in [-0.15, -0.1) is 0 Å². The fourth-order valence-corrected chi connectivity index (χ4v) is 4.67. The zero-order chi connectivity index (χ0) is 20.9. The maximum atomic E-state index is 13.1. The summed E-state index contributed by atoms with van der Waals surface area (Å²) in [6.07, 6.45) is 8.16. The first-order valence-corrected chi connectivity index (χ1v) is 10.7. The monoisotopic (exact) mass is 409 g/mol. The van der Waals surface area contributed by atoms with Crippen molar-refractivity contribution in [2.45, 2.75) is 70.5 Å². The van der Waals surface area contributed by atoms with Gasteiger partial charge in [-0.1, -0.05) is 11.2 Å². The molecule has 1 aromatic carbocycles. The first-order valence-electron chi connectivity index (χ1n) is 10.7. The molecular formula is C23H27N3O4. The van der Waals surface area contributed by atoms with Crippen LogP contribution >= 0.6 is 0 Å². The maximum Gasteiger partial charge on any atom is 0.361 e. The first-order chi connectivity index (χ1) is 14.4. The summed E-state index contributed by atoms with van der Waals surface area (Å²) in [6.45, 7) is 5.55. The summed E-state index contributed by atoms with van der Waals surface area (Å²) in [5.74, 6) is -0.239. The summed E-state index contributed by atoms with van der Waals surface area (Å²) >= 11 is 0. The van der Waals surface area contributed by atoms with Crippen LogP contribution in [0.5, 0.6) is 0 Å². The number of anilines is 1. The molecule has 0 spiro atoms. The van der Waals surface area contributed by atoms with E-state index >= 15 is 0 Å². The molecule has 7 heteroatoms. The summed E-state index contributed by atoms with van der Waals surface area (Å²) in [4.78, 5) is 17.7. The normalized spacial score (nSPS) is 22.3. The highest BCUT2D eigenvalue weighted by Gasteiger charge is 2.53. The van der Waals surface area contributed by atoms with Crippen molar-refractivity contribution < 1.29 is 18.8 Å². The van der Waals surface area contributed by atoms with Gasteiger partial charge >= 0.3 is 5.97 Å². The minimum absolute atomic E-state index is 0.0800. The molecule has 1 aromatic heterocycles. The molecule has 2 heterocycles. The number of hydrogen-bond donors (Lipinski definition) is 1. The Morgan fingerprint density at radius 3 is 2.43 bits per heavy atom. The molecule has 0 bridgehead atoms. The molecule has 1 aliphatic heterocycles. The van der Waals surface area contributed by atoms with Crippen LogP contribution in [-0.4, -0.2) is 29.3 Å². The van der Waals surface area contributed by atoms with Crippen molar-refractivity contribution in [1.82, 2.24) is 5.16 Å². The van der Waals surface area contributed by atoms with Gasteiger partial charge in [-0.3, -0.25) is 0 Å². The number of benzene rings is 1. The zero-order valence-electron chi connectivity index (χ0n) is 17.7. The van der Waals surface area contributed by atoms with Gasteiger partial charge in [0, 0.05) is 11.8 Å². The Bertz CT molecular complexity index is 988. The van der Waals surface area contributed by atoms with E-state index in [0.717, 1.165) is 31.4 Å². The van der Waals surface area contributed by atoms with Gasteiger partial charge in [-0.25, -0.2) is 9.79 Å². The number of aryl methyl sites for hydroxylation is 2. The van der Waals surface area contributed by atoms with Crippen LogP contribution < -0.4 is 5.32 Å². The molecule has 5 rings (SSSR count). The number of hydrogen-bond acceptors (Lipinski definition) is 7. The molecule has 7 nitrogen and oxygen atoms in total. The van der Waals surface area contributed by atoms with Gasteiger partial charge in [-0.2, -0.15) is 0 Å². The van der Waals surface area contributed by atoms with E-state index < -0.39 is 17.2 Å². The van der Waals surface area contributed by atoms with E-state index in [9.17, 15) is 4.79 Å². The average Bonchev–Trinajstić information content (AvgIpc) is 3.46. The number of esters is 1. The molecule has 3 aliphatic rings. The average molecular weight is 409 g/mol. The SMILES string of the molecule is CC(C)(C)OC(=O)C1(c2ccno2)CN=C(Nc2c3c(cc4c2CCC4)CCC3)O1. The summed E-state index contributed by atoms with van der Waals surface area (Å²) < 4.78 is 17.1. The van der Waals surface area contributed by atoms with E-state index in [1.54, 1.807) is 6.07 Å². The lowest BCUT2D eigenvalue weighted by Crippen LogP contribution is -2.44. The summed E-state index contributed by atoms with van der Waals surface area (Å²) in [5, 5.41) is 7.19. The number of fused-ring (bicyclic) bond motifs is 2. The van der Waals surface area contributed by atoms with Gasteiger partial charge in [0.05, 0.1) is 6.20 Å². The molecule has 0 radical (unpaired) electrons. The molecule has 158 valence electrons. The molecule has 1 atom stereocenters. The van der Waals surface area contributed by atoms with Crippen LogP contribution in [0, 0.1) is 0 Å². The molecule has 1 unspecified atom stereocenters. The van der Waals surface area contributed by atoms with Crippen molar-refractivity contribution in [1.29, 1.82) is 0 Å². The van der Waals surface area contributed by atoms with Gasteiger partial charge in [0.2, 0.25) is 0 Å². The summed E-state index contributed by atoms with van der Waals surface area (Å²) in [6, 6.07) is 4.33. The molecule has 2 aliphatic carbocycles. The van der Waals surface area contributed by atoms with E-state index in [1.807, 2.05) is 20.8 Å². The van der Waals surface area contributed by atoms with Crippen molar-refractivity contribution in [3.05, 3.63) is 46.3 Å². The van der Waals surface area contributed by atoms with Crippen LogP contribution in [0.1, 0.15) is 61.6 Å². The Kier molecular flexibility index (Phi) is 4.38. The molecule has 0 saturated heterocycles. The lowest BCUT2D eigenvalue weighted by molar-refractivity contribution is -0.175. The standard InChI is InChI=1S/C23H27N3O4/c1-22(2,3)28-20(27)23(18-10-11-25-30-18)13-24-21(29-23)26-19-16-8-4-6-14(16)12-15-7-5-9-17(15)19/h10-12H,4-9,13H2,1-3H3,(H,24,26). The number of aromatic nitrogens is 1. The number of nitrogens with one attached hydrogen (secondary N) is 1. The number of carbonyl (C=O) groups is 1. The number of rotatable bonds is 3. The fourth-order valence-electron chi connectivity index (χ4n) is 4.67. The van der Waals surface area contributed by atoms with Crippen molar-refractivity contribution in [3.8, 4) is 0 Å². The molecule has 1 N–H and O–H groups in total. The maximum absolute atomic E-state index is 13.1. The molecule has 0 amide bonds. The summed E-state index contributed by atoms with van der Waals surface area (Å²) in [5.41, 5.74) is 4.55. The van der Waals surface area contributed by atoms with Crippen LogP contribution in [0.3, 0.4) is 0 Å². The van der Waals surface area contributed by atoms with E-state index in [2.05, 4.69) is 21.5 Å². The first kappa shape index (κ1) is 19.2. The van der Waals surface area contributed by atoms with Gasteiger partial charge in [-0.05, 0) is 81.5 Å². The molecular weight excluding hydrogens is 382 g/mol. The lowest BCUT2D eigenvalue weighted by atomic mass is 9.99. The number of nitrogens with zero attached hydrogens (tertiary/aromatic N) is 2. The van der Waals surface area contributed by atoms with Crippen molar-refractivity contribution in [2.24, 2.45) is 4.99 Å². The molecule has 0 saturated carbocycles. The number of aliphatic imine (C=N–C) groups is 1. The molecule has 30 heavy (non-hydrogen) atoms. The third-order valence-electron chi connectivity index (χ3n) is 5.99.